The molecule has 0 N–H and O–H groups in total. The number of benzene rings is 8. The fourth-order valence-corrected chi connectivity index (χ4v) is 8.97. The van der Waals surface area contributed by atoms with Crippen LogP contribution in [0.3, 0.4) is 0 Å². The Morgan fingerprint density at radius 1 is 0.436 bits per heavy atom. The molecule has 1 unspecified atom stereocenters. The number of fused-ring (bicyclic) bond motifs is 8. The lowest BCUT2D eigenvalue weighted by Gasteiger charge is -2.30. The second-order valence-corrected chi connectivity index (χ2v) is 14.5. The summed E-state index contributed by atoms with van der Waals surface area (Å²) in [5, 5.41) is 7.58. The molecule has 0 aliphatic heterocycles. The van der Waals surface area contributed by atoms with Crippen LogP contribution in [0, 0.1) is 0 Å². The Morgan fingerprint density at radius 3 is 1.87 bits per heavy atom. The molecule has 11 rings (SSSR count). The molecule has 0 radical (unpaired) electrons. The maximum atomic E-state index is 2.46. The van der Waals surface area contributed by atoms with Gasteiger partial charge in [-0.15, -0.1) is 0 Å². The van der Waals surface area contributed by atoms with E-state index in [0.717, 1.165) is 29.2 Å². The predicted molar refractivity (Wildman–Crippen MR) is 233 cm³/mol. The van der Waals surface area contributed by atoms with Gasteiger partial charge in [-0.2, -0.15) is 0 Å². The van der Waals surface area contributed by atoms with E-state index in [-0.39, 0.29) is 0 Å². The summed E-state index contributed by atoms with van der Waals surface area (Å²) >= 11 is 0. The summed E-state index contributed by atoms with van der Waals surface area (Å²) < 4.78 is 4.80. The van der Waals surface area contributed by atoms with Gasteiger partial charge in [0.15, 0.2) is 0 Å². The average molecular weight is 704 g/mol. The lowest BCUT2D eigenvalue weighted by molar-refractivity contribution is 0.852. The Balaban J connectivity index is 1.11. The molecule has 3 nitrogen and oxygen atoms in total. The Kier molecular flexibility index (Phi) is 7.31. The summed E-state index contributed by atoms with van der Waals surface area (Å²) in [4.78, 5) is 2.46. The standard InChI is InChI=1S/C52H37N3/c1-3-15-36(16-4-1)42-20-9-12-24-47(42)53(41-32-34-50-46(35-41)44-22-10-13-25-48(44)54(50)38-18-5-2-6-19-38)39-28-30-40(31-29-39)55-49-26-14-11-23-45(49)52-43-21-8-7-17-37(43)27-33-51(52)55/h1-15,17-36H,16H2. The Labute approximate surface area is 319 Å². The van der Waals surface area contributed by atoms with Crippen LogP contribution in [0.15, 0.2) is 206 Å². The van der Waals surface area contributed by atoms with Crippen molar-refractivity contribution in [2.24, 2.45) is 0 Å². The number of rotatable bonds is 6. The number of anilines is 3. The first-order valence-electron chi connectivity index (χ1n) is 19.1. The van der Waals surface area contributed by atoms with Crippen molar-refractivity contribution < 1.29 is 0 Å². The van der Waals surface area contributed by atoms with Crippen LogP contribution >= 0.6 is 0 Å². The number of para-hydroxylation sites is 4. The maximum absolute atomic E-state index is 2.46. The van der Waals surface area contributed by atoms with Gasteiger partial charge in [-0.1, -0.05) is 127 Å². The van der Waals surface area contributed by atoms with Gasteiger partial charge < -0.3 is 14.0 Å². The fourth-order valence-electron chi connectivity index (χ4n) is 8.97. The Bertz CT molecular complexity index is 3120. The number of aromatic nitrogens is 2. The number of hydrogen-bond acceptors (Lipinski definition) is 1. The summed E-state index contributed by atoms with van der Waals surface area (Å²) in [5.74, 6) is 0.291. The summed E-state index contributed by atoms with van der Waals surface area (Å²) in [7, 11) is 0. The first-order chi connectivity index (χ1) is 27.3. The molecule has 55 heavy (non-hydrogen) atoms. The van der Waals surface area contributed by atoms with Crippen molar-refractivity contribution in [3.05, 3.63) is 212 Å². The van der Waals surface area contributed by atoms with Crippen LogP contribution in [-0.2, 0) is 0 Å². The third-order valence-electron chi connectivity index (χ3n) is 11.4. The highest BCUT2D eigenvalue weighted by molar-refractivity contribution is 6.21. The van der Waals surface area contributed by atoms with Crippen molar-refractivity contribution in [1.29, 1.82) is 0 Å². The third kappa shape index (κ3) is 5.04. The van der Waals surface area contributed by atoms with Crippen molar-refractivity contribution >= 4 is 71.4 Å². The molecule has 8 aromatic carbocycles. The van der Waals surface area contributed by atoms with E-state index in [1.54, 1.807) is 0 Å². The van der Waals surface area contributed by atoms with E-state index in [1.807, 2.05) is 0 Å². The molecule has 0 saturated carbocycles. The summed E-state index contributed by atoms with van der Waals surface area (Å²) in [6.45, 7) is 0. The first-order valence-corrected chi connectivity index (χ1v) is 19.1. The Hall–Kier alpha value is -7.10. The average Bonchev–Trinajstić information content (AvgIpc) is 3.78. The zero-order valence-corrected chi connectivity index (χ0v) is 30.3. The number of nitrogens with zero attached hydrogens (tertiary/aromatic N) is 3. The van der Waals surface area contributed by atoms with E-state index in [9.17, 15) is 0 Å². The minimum atomic E-state index is 0.291. The molecule has 2 aromatic heterocycles. The second-order valence-electron chi connectivity index (χ2n) is 14.5. The van der Waals surface area contributed by atoms with Gasteiger partial charge in [0.1, 0.15) is 0 Å². The molecule has 10 aromatic rings. The van der Waals surface area contributed by atoms with Crippen LogP contribution in [0.4, 0.5) is 17.1 Å². The molecule has 0 saturated heterocycles. The topological polar surface area (TPSA) is 13.1 Å². The second kappa shape index (κ2) is 12.8. The van der Waals surface area contributed by atoms with Gasteiger partial charge >= 0.3 is 0 Å². The molecule has 1 atom stereocenters. The summed E-state index contributed by atoms with van der Waals surface area (Å²) in [6, 6.07) is 66.6. The van der Waals surface area contributed by atoms with E-state index in [2.05, 4.69) is 220 Å². The van der Waals surface area contributed by atoms with Crippen LogP contribution in [0.2, 0.25) is 0 Å². The van der Waals surface area contributed by atoms with Gasteiger partial charge in [0.25, 0.3) is 0 Å². The van der Waals surface area contributed by atoms with Crippen molar-refractivity contribution in [3.8, 4) is 11.4 Å². The van der Waals surface area contributed by atoms with Gasteiger partial charge in [-0.3, -0.25) is 0 Å². The van der Waals surface area contributed by atoms with Gasteiger partial charge in [0, 0.05) is 55.9 Å². The first kappa shape index (κ1) is 31.4. The largest absolute Gasteiger partial charge is 0.310 e. The van der Waals surface area contributed by atoms with Crippen LogP contribution in [0.1, 0.15) is 17.9 Å². The van der Waals surface area contributed by atoms with E-state index >= 15 is 0 Å². The SMILES string of the molecule is C1=CCC(c2ccccc2N(c2ccc(-n3c4ccccc4c4c5ccccc5ccc43)cc2)c2ccc3c(c2)c2ccccc2n3-c2ccccc2)C=C1. The highest BCUT2D eigenvalue weighted by atomic mass is 15.1. The molecule has 1 aliphatic rings. The van der Waals surface area contributed by atoms with Crippen LogP contribution in [0.5, 0.6) is 0 Å². The van der Waals surface area contributed by atoms with Crippen LogP contribution in [0.25, 0.3) is 65.8 Å². The minimum absolute atomic E-state index is 0.291. The van der Waals surface area contributed by atoms with Gasteiger partial charge in [-0.05, 0) is 102 Å². The summed E-state index contributed by atoms with van der Waals surface area (Å²) in [6.07, 6.45) is 9.93. The van der Waals surface area contributed by atoms with Crippen LogP contribution in [-0.4, -0.2) is 9.13 Å². The van der Waals surface area contributed by atoms with Gasteiger partial charge in [-0.25, -0.2) is 0 Å². The smallest absolute Gasteiger partial charge is 0.0547 e. The van der Waals surface area contributed by atoms with E-state index in [1.165, 1.54) is 65.6 Å². The van der Waals surface area contributed by atoms with Crippen molar-refractivity contribution in [2.75, 3.05) is 4.90 Å². The van der Waals surface area contributed by atoms with Crippen molar-refractivity contribution in [3.63, 3.8) is 0 Å². The van der Waals surface area contributed by atoms with E-state index in [4.69, 9.17) is 0 Å². The number of allylic oxidation sites excluding steroid dienone is 4. The van der Waals surface area contributed by atoms with Gasteiger partial charge in [0.05, 0.1) is 22.1 Å². The quantitative estimate of drug-likeness (QED) is 0.168. The number of hydrogen-bond donors (Lipinski definition) is 0. The molecular weight excluding hydrogens is 667 g/mol. The lowest BCUT2D eigenvalue weighted by atomic mass is 9.90. The molecule has 1 aliphatic carbocycles. The summed E-state index contributed by atoms with van der Waals surface area (Å²) in [5.41, 5.74) is 11.9. The third-order valence-corrected chi connectivity index (χ3v) is 11.4. The zero-order chi connectivity index (χ0) is 36.3. The van der Waals surface area contributed by atoms with Gasteiger partial charge in [0.2, 0.25) is 0 Å². The molecule has 0 fully saturated rings. The normalized spacial score (nSPS) is 14.1. The Morgan fingerprint density at radius 2 is 1.05 bits per heavy atom. The molecule has 0 spiro atoms. The zero-order valence-electron chi connectivity index (χ0n) is 30.3. The molecule has 0 amide bonds. The predicted octanol–water partition coefficient (Wildman–Crippen LogP) is 14.1. The highest BCUT2D eigenvalue weighted by Gasteiger charge is 2.23. The maximum Gasteiger partial charge on any atom is 0.0547 e. The van der Waals surface area contributed by atoms with E-state index in [0.29, 0.717) is 5.92 Å². The monoisotopic (exact) mass is 703 g/mol. The molecule has 0 bridgehead atoms. The van der Waals surface area contributed by atoms with Crippen LogP contribution < -0.4 is 4.90 Å². The van der Waals surface area contributed by atoms with Crippen molar-refractivity contribution in [1.82, 2.24) is 9.13 Å². The van der Waals surface area contributed by atoms with Crippen molar-refractivity contribution in [2.45, 2.75) is 12.3 Å². The molecule has 260 valence electrons. The highest BCUT2D eigenvalue weighted by Crippen LogP contribution is 2.44. The molecular formula is C52H37N3. The lowest BCUT2D eigenvalue weighted by Crippen LogP contribution is -2.14. The fraction of sp³-hybridized carbons (Fsp3) is 0.0385. The molecule has 3 heteroatoms. The molecule has 2 heterocycles. The minimum Gasteiger partial charge on any atom is -0.310 e. The van der Waals surface area contributed by atoms with E-state index < -0.39 is 0 Å².